The van der Waals surface area contributed by atoms with E-state index in [0.717, 1.165) is 18.5 Å². The highest BCUT2D eigenvalue weighted by Gasteiger charge is 2.11. The van der Waals surface area contributed by atoms with Gasteiger partial charge < -0.3 is 9.30 Å². The van der Waals surface area contributed by atoms with Crippen LogP contribution in [-0.2, 0) is 18.2 Å². The second-order valence-electron chi connectivity index (χ2n) is 4.64. The maximum absolute atomic E-state index is 11.8. The van der Waals surface area contributed by atoms with Crippen LogP contribution in [0.25, 0.3) is 0 Å². The second-order valence-corrected chi connectivity index (χ2v) is 4.64. The molecule has 0 saturated carbocycles. The van der Waals surface area contributed by atoms with Gasteiger partial charge in [-0.3, -0.25) is 0 Å². The summed E-state index contributed by atoms with van der Waals surface area (Å²) < 4.78 is 7.13. The zero-order valence-corrected chi connectivity index (χ0v) is 11.4. The monoisotopic (exact) mass is 257 g/mol. The SMILES string of the molecule is Cc1ccc(C(=O)OCCCc2ccccc2)n1C. The van der Waals surface area contributed by atoms with E-state index in [9.17, 15) is 4.79 Å². The van der Waals surface area contributed by atoms with Gasteiger partial charge in [0.15, 0.2) is 0 Å². The summed E-state index contributed by atoms with van der Waals surface area (Å²) in [6.07, 6.45) is 1.78. The number of rotatable bonds is 5. The van der Waals surface area contributed by atoms with Crippen LogP contribution in [0.2, 0.25) is 0 Å². The van der Waals surface area contributed by atoms with Crippen molar-refractivity contribution < 1.29 is 9.53 Å². The maximum atomic E-state index is 11.8. The number of aryl methyl sites for hydroxylation is 2. The van der Waals surface area contributed by atoms with Crippen LogP contribution in [-0.4, -0.2) is 17.1 Å². The van der Waals surface area contributed by atoms with Crippen LogP contribution in [0.3, 0.4) is 0 Å². The summed E-state index contributed by atoms with van der Waals surface area (Å²) in [5, 5.41) is 0. The predicted octanol–water partition coefficient (Wildman–Crippen LogP) is 3.12. The van der Waals surface area contributed by atoms with Crippen LogP contribution >= 0.6 is 0 Å². The largest absolute Gasteiger partial charge is 0.461 e. The average Bonchev–Trinajstić information content (AvgIpc) is 2.76. The van der Waals surface area contributed by atoms with Gasteiger partial charge in [0.25, 0.3) is 0 Å². The number of benzene rings is 1. The van der Waals surface area contributed by atoms with E-state index in [4.69, 9.17) is 4.74 Å². The van der Waals surface area contributed by atoms with E-state index in [2.05, 4.69) is 12.1 Å². The van der Waals surface area contributed by atoms with Crippen molar-refractivity contribution in [3.63, 3.8) is 0 Å². The maximum Gasteiger partial charge on any atom is 0.354 e. The summed E-state index contributed by atoms with van der Waals surface area (Å²) in [5.41, 5.74) is 2.93. The molecular weight excluding hydrogens is 238 g/mol. The molecule has 0 fully saturated rings. The molecule has 0 spiro atoms. The fourth-order valence-electron chi connectivity index (χ4n) is 1.98. The second kappa shape index (κ2) is 6.23. The van der Waals surface area contributed by atoms with Crippen molar-refractivity contribution in [2.24, 2.45) is 7.05 Å². The minimum atomic E-state index is -0.247. The van der Waals surface area contributed by atoms with Gasteiger partial charge in [-0.15, -0.1) is 0 Å². The van der Waals surface area contributed by atoms with Crippen molar-refractivity contribution in [2.45, 2.75) is 19.8 Å². The topological polar surface area (TPSA) is 31.2 Å². The van der Waals surface area contributed by atoms with Crippen LogP contribution in [0, 0.1) is 6.92 Å². The van der Waals surface area contributed by atoms with Crippen molar-refractivity contribution in [1.82, 2.24) is 4.57 Å². The van der Waals surface area contributed by atoms with Gasteiger partial charge in [-0.05, 0) is 37.5 Å². The molecule has 2 rings (SSSR count). The van der Waals surface area contributed by atoms with Crippen molar-refractivity contribution >= 4 is 5.97 Å². The number of hydrogen-bond donors (Lipinski definition) is 0. The third-order valence-electron chi connectivity index (χ3n) is 3.27. The van der Waals surface area contributed by atoms with E-state index >= 15 is 0 Å². The molecule has 100 valence electrons. The molecule has 0 radical (unpaired) electrons. The van der Waals surface area contributed by atoms with Gasteiger partial charge in [-0.2, -0.15) is 0 Å². The van der Waals surface area contributed by atoms with Gasteiger partial charge >= 0.3 is 5.97 Å². The Balaban J connectivity index is 1.77. The summed E-state index contributed by atoms with van der Waals surface area (Å²) in [6, 6.07) is 13.9. The minimum Gasteiger partial charge on any atom is -0.461 e. The summed E-state index contributed by atoms with van der Waals surface area (Å²) in [5.74, 6) is -0.247. The molecule has 1 aromatic carbocycles. The standard InChI is InChI=1S/C16H19NO2/c1-13-10-11-15(17(13)2)16(18)19-12-6-9-14-7-4-3-5-8-14/h3-5,7-8,10-11H,6,9,12H2,1-2H3. The summed E-state index contributed by atoms with van der Waals surface area (Å²) in [6.45, 7) is 2.42. The smallest absolute Gasteiger partial charge is 0.354 e. The highest BCUT2D eigenvalue weighted by Crippen LogP contribution is 2.08. The van der Waals surface area contributed by atoms with Crippen LogP contribution in [0.5, 0.6) is 0 Å². The molecular formula is C16H19NO2. The predicted molar refractivity (Wildman–Crippen MR) is 75.2 cm³/mol. The first kappa shape index (κ1) is 13.4. The van der Waals surface area contributed by atoms with Gasteiger partial charge in [0.1, 0.15) is 5.69 Å². The van der Waals surface area contributed by atoms with Crippen LogP contribution in [0.4, 0.5) is 0 Å². The molecule has 0 aliphatic heterocycles. The average molecular weight is 257 g/mol. The summed E-state index contributed by atoms with van der Waals surface area (Å²) >= 11 is 0. The molecule has 1 heterocycles. The Morgan fingerprint density at radius 2 is 1.89 bits per heavy atom. The number of hydrogen-bond acceptors (Lipinski definition) is 2. The molecule has 0 bridgehead atoms. The zero-order valence-electron chi connectivity index (χ0n) is 11.4. The number of esters is 1. The highest BCUT2D eigenvalue weighted by molar-refractivity contribution is 5.87. The minimum absolute atomic E-state index is 0.247. The first-order chi connectivity index (χ1) is 9.18. The number of nitrogens with zero attached hydrogens (tertiary/aromatic N) is 1. The first-order valence-electron chi connectivity index (χ1n) is 6.52. The number of ether oxygens (including phenoxy) is 1. The van der Waals surface area contributed by atoms with E-state index in [1.165, 1.54) is 5.56 Å². The molecule has 1 aromatic heterocycles. The Labute approximate surface area is 113 Å². The quantitative estimate of drug-likeness (QED) is 0.608. The van der Waals surface area contributed by atoms with Crippen molar-refractivity contribution in [3.8, 4) is 0 Å². The number of aromatic nitrogens is 1. The number of carbonyl (C=O) groups is 1. The van der Waals surface area contributed by atoms with E-state index in [0.29, 0.717) is 12.3 Å². The highest BCUT2D eigenvalue weighted by atomic mass is 16.5. The lowest BCUT2D eigenvalue weighted by atomic mass is 10.1. The Hall–Kier alpha value is -2.03. The van der Waals surface area contributed by atoms with E-state index < -0.39 is 0 Å². The fourth-order valence-corrected chi connectivity index (χ4v) is 1.98. The lowest BCUT2D eigenvalue weighted by molar-refractivity contribution is 0.0489. The van der Waals surface area contributed by atoms with E-state index in [-0.39, 0.29) is 5.97 Å². The summed E-state index contributed by atoms with van der Waals surface area (Å²) in [4.78, 5) is 11.8. The van der Waals surface area contributed by atoms with Gasteiger partial charge in [-0.25, -0.2) is 4.79 Å². The molecule has 3 nitrogen and oxygen atoms in total. The van der Waals surface area contributed by atoms with E-state index in [1.54, 1.807) is 6.07 Å². The fraction of sp³-hybridized carbons (Fsp3) is 0.312. The lowest BCUT2D eigenvalue weighted by Gasteiger charge is -2.06. The van der Waals surface area contributed by atoms with Gasteiger partial charge in [0.2, 0.25) is 0 Å². The first-order valence-corrected chi connectivity index (χ1v) is 6.52. The van der Waals surface area contributed by atoms with Crippen molar-refractivity contribution in [2.75, 3.05) is 6.61 Å². The Morgan fingerprint density at radius 3 is 2.53 bits per heavy atom. The Bertz CT molecular complexity index is 543. The lowest BCUT2D eigenvalue weighted by Crippen LogP contribution is -2.11. The van der Waals surface area contributed by atoms with Crippen LogP contribution in [0.15, 0.2) is 42.5 Å². The molecule has 3 heteroatoms. The van der Waals surface area contributed by atoms with Crippen LogP contribution < -0.4 is 0 Å². The molecule has 0 N–H and O–H groups in total. The summed E-state index contributed by atoms with van der Waals surface area (Å²) in [7, 11) is 1.87. The third-order valence-corrected chi connectivity index (χ3v) is 3.27. The normalized spacial score (nSPS) is 10.4. The molecule has 0 atom stereocenters. The zero-order chi connectivity index (χ0) is 13.7. The van der Waals surface area contributed by atoms with Gasteiger partial charge in [-0.1, -0.05) is 30.3 Å². The molecule has 0 unspecified atom stereocenters. The number of carbonyl (C=O) groups excluding carboxylic acids is 1. The molecule has 0 saturated heterocycles. The molecule has 19 heavy (non-hydrogen) atoms. The Kier molecular flexibility index (Phi) is 4.39. The molecule has 0 aliphatic carbocycles. The Morgan fingerprint density at radius 1 is 1.16 bits per heavy atom. The van der Waals surface area contributed by atoms with Gasteiger partial charge in [0, 0.05) is 12.7 Å². The molecule has 0 aliphatic rings. The van der Waals surface area contributed by atoms with Crippen LogP contribution in [0.1, 0.15) is 28.2 Å². The van der Waals surface area contributed by atoms with Crippen molar-refractivity contribution in [1.29, 1.82) is 0 Å². The van der Waals surface area contributed by atoms with Gasteiger partial charge in [0.05, 0.1) is 6.61 Å². The molecule has 0 amide bonds. The van der Waals surface area contributed by atoms with Crippen molar-refractivity contribution in [3.05, 3.63) is 59.4 Å². The van der Waals surface area contributed by atoms with E-state index in [1.807, 2.05) is 42.8 Å². The molecule has 2 aromatic rings. The third kappa shape index (κ3) is 3.47.